The zero-order valence-electron chi connectivity index (χ0n) is 15.9. The van der Waals surface area contributed by atoms with E-state index >= 15 is 0 Å². The molecule has 164 valence electrons. The Balaban J connectivity index is 1.78. The van der Waals surface area contributed by atoms with Crippen molar-refractivity contribution in [3.63, 3.8) is 0 Å². The Bertz CT molecular complexity index is 697. The molecule has 2 fully saturated rings. The van der Waals surface area contributed by atoms with Crippen LogP contribution in [0.1, 0.15) is 25.3 Å². The van der Waals surface area contributed by atoms with Crippen molar-refractivity contribution in [1.82, 2.24) is 4.90 Å². The van der Waals surface area contributed by atoms with Gasteiger partial charge in [-0.3, -0.25) is 4.90 Å². The van der Waals surface area contributed by atoms with Gasteiger partial charge in [-0.1, -0.05) is 17.7 Å². The van der Waals surface area contributed by atoms with E-state index in [4.69, 9.17) is 16.3 Å². The van der Waals surface area contributed by atoms with Gasteiger partial charge in [-0.2, -0.15) is 26.3 Å². The van der Waals surface area contributed by atoms with E-state index in [1.165, 1.54) is 0 Å². The van der Waals surface area contributed by atoms with Crippen molar-refractivity contribution in [1.29, 1.82) is 0 Å². The lowest BCUT2D eigenvalue weighted by Gasteiger charge is -2.36. The van der Waals surface area contributed by atoms with Crippen molar-refractivity contribution in [2.45, 2.75) is 56.7 Å². The normalized spacial score (nSPS) is 24.5. The number of alkyl halides is 6. The Morgan fingerprint density at radius 2 is 1.83 bits per heavy atom. The predicted octanol–water partition coefficient (Wildman–Crippen LogP) is 5.07. The van der Waals surface area contributed by atoms with Gasteiger partial charge in [0.2, 0.25) is 6.04 Å². The largest absolute Gasteiger partial charge is 0.412 e. The standard InChI is InChI=1S/C19H23ClF6N2O/c1-12-11-29-8-7-27(12)15-5-4-13(16(20)10-15)9-14-3-2-6-28(14)17(18(21,22)23)19(24,25)26/h4-5,10,12,14,17H,2-3,6-9,11H2,1H3. The first kappa shape index (κ1) is 22.5. The fraction of sp³-hybridized carbons (Fsp3) is 0.684. The molecule has 3 nitrogen and oxygen atoms in total. The number of morpholine rings is 1. The van der Waals surface area contributed by atoms with Crippen LogP contribution in [0.3, 0.4) is 0 Å². The molecule has 0 N–H and O–H groups in total. The summed E-state index contributed by atoms with van der Waals surface area (Å²) in [6, 6.07) is 1.07. The van der Waals surface area contributed by atoms with Gasteiger partial charge in [0.05, 0.1) is 13.2 Å². The molecule has 2 heterocycles. The Hall–Kier alpha value is -1.19. The summed E-state index contributed by atoms with van der Waals surface area (Å²) in [5, 5.41) is 0.351. The maximum atomic E-state index is 13.2. The predicted molar refractivity (Wildman–Crippen MR) is 98.4 cm³/mol. The van der Waals surface area contributed by atoms with Gasteiger partial charge in [-0.25, -0.2) is 0 Å². The van der Waals surface area contributed by atoms with Gasteiger partial charge < -0.3 is 9.64 Å². The number of nitrogens with zero attached hydrogens (tertiary/aromatic N) is 2. The molecule has 29 heavy (non-hydrogen) atoms. The van der Waals surface area contributed by atoms with E-state index in [9.17, 15) is 26.3 Å². The number of anilines is 1. The zero-order chi connectivity index (χ0) is 21.4. The highest BCUT2D eigenvalue weighted by Crippen LogP contribution is 2.41. The summed E-state index contributed by atoms with van der Waals surface area (Å²) in [5.41, 5.74) is 1.41. The maximum Gasteiger partial charge on any atom is 0.412 e. The minimum absolute atomic E-state index is 0.0421. The zero-order valence-corrected chi connectivity index (χ0v) is 16.6. The van der Waals surface area contributed by atoms with Gasteiger partial charge in [-0.05, 0) is 50.4 Å². The lowest BCUT2D eigenvalue weighted by atomic mass is 10.0. The number of hydrogen-bond acceptors (Lipinski definition) is 3. The SMILES string of the molecule is CC1COCCN1c1ccc(CC2CCCN2C(C(F)(F)F)C(F)(F)F)c(Cl)c1. The molecule has 10 heteroatoms. The second-order valence-electron chi connectivity index (χ2n) is 7.62. The van der Waals surface area contributed by atoms with Crippen LogP contribution in [0.5, 0.6) is 0 Å². The van der Waals surface area contributed by atoms with Crippen LogP contribution in [0.2, 0.25) is 5.02 Å². The number of benzene rings is 1. The summed E-state index contributed by atoms with van der Waals surface area (Å²) in [4.78, 5) is 2.65. The minimum atomic E-state index is -5.37. The molecule has 1 aromatic rings. The van der Waals surface area contributed by atoms with Gasteiger partial charge in [0.25, 0.3) is 0 Å². The van der Waals surface area contributed by atoms with Gasteiger partial charge in [-0.15, -0.1) is 0 Å². The van der Waals surface area contributed by atoms with E-state index < -0.39 is 24.4 Å². The topological polar surface area (TPSA) is 15.7 Å². The molecule has 0 spiro atoms. The van der Waals surface area contributed by atoms with Crippen LogP contribution in [-0.2, 0) is 11.2 Å². The van der Waals surface area contributed by atoms with Crippen LogP contribution in [0.25, 0.3) is 0 Å². The first-order valence-corrected chi connectivity index (χ1v) is 9.88. The molecule has 0 aromatic heterocycles. The highest BCUT2D eigenvalue weighted by Gasteiger charge is 2.61. The fourth-order valence-electron chi connectivity index (χ4n) is 4.22. The van der Waals surface area contributed by atoms with Crippen LogP contribution in [0.15, 0.2) is 18.2 Å². The Morgan fingerprint density at radius 1 is 1.14 bits per heavy atom. The number of ether oxygens (including phenoxy) is 1. The molecule has 3 rings (SSSR count). The van der Waals surface area contributed by atoms with Crippen LogP contribution < -0.4 is 4.90 Å². The van der Waals surface area contributed by atoms with Gasteiger partial charge >= 0.3 is 12.4 Å². The average molecular weight is 445 g/mol. The number of likely N-dealkylation sites (tertiary alicyclic amines) is 1. The van der Waals surface area contributed by atoms with Crippen molar-refractivity contribution >= 4 is 17.3 Å². The molecule has 2 unspecified atom stereocenters. The number of hydrogen-bond donors (Lipinski definition) is 0. The Kier molecular flexibility index (Phi) is 6.60. The smallest absolute Gasteiger partial charge is 0.377 e. The molecule has 0 aliphatic carbocycles. The van der Waals surface area contributed by atoms with Crippen molar-refractivity contribution in [2.75, 3.05) is 31.2 Å². The molecule has 2 aliphatic rings. The monoisotopic (exact) mass is 444 g/mol. The second-order valence-corrected chi connectivity index (χ2v) is 8.02. The summed E-state index contributed by atoms with van der Waals surface area (Å²) in [7, 11) is 0. The van der Waals surface area contributed by atoms with E-state index in [1.807, 2.05) is 13.0 Å². The van der Waals surface area contributed by atoms with E-state index in [2.05, 4.69) is 4.90 Å². The lowest BCUT2D eigenvalue weighted by molar-refractivity contribution is -0.289. The molecule has 2 atom stereocenters. The highest BCUT2D eigenvalue weighted by molar-refractivity contribution is 6.31. The lowest BCUT2D eigenvalue weighted by Crippen LogP contribution is -2.56. The van der Waals surface area contributed by atoms with Crippen LogP contribution in [0.4, 0.5) is 32.0 Å². The van der Waals surface area contributed by atoms with Crippen LogP contribution >= 0.6 is 11.6 Å². The number of rotatable bonds is 4. The molecule has 0 amide bonds. The summed E-state index contributed by atoms with van der Waals surface area (Å²) < 4.78 is 84.3. The second kappa shape index (κ2) is 8.51. The molecular weight excluding hydrogens is 422 g/mol. The first-order valence-electron chi connectivity index (χ1n) is 9.50. The molecule has 2 saturated heterocycles. The van der Waals surface area contributed by atoms with Gasteiger partial charge in [0.1, 0.15) is 0 Å². The average Bonchev–Trinajstić information content (AvgIpc) is 3.02. The van der Waals surface area contributed by atoms with Crippen molar-refractivity contribution in [3.8, 4) is 0 Å². The van der Waals surface area contributed by atoms with Crippen molar-refractivity contribution in [2.24, 2.45) is 0 Å². The maximum absolute atomic E-state index is 13.2. The van der Waals surface area contributed by atoms with E-state index in [-0.39, 0.29) is 31.8 Å². The molecule has 0 radical (unpaired) electrons. The summed E-state index contributed by atoms with van der Waals surface area (Å²) in [6.07, 6.45) is -10.2. The summed E-state index contributed by atoms with van der Waals surface area (Å²) in [5.74, 6) is 0. The van der Waals surface area contributed by atoms with Crippen LogP contribution in [0, 0.1) is 0 Å². The van der Waals surface area contributed by atoms with Crippen molar-refractivity contribution in [3.05, 3.63) is 28.8 Å². The van der Waals surface area contributed by atoms with Crippen LogP contribution in [-0.4, -0.2) is 61.7 Å². The molecule has 0 saturated carbocycles. The Labute approximate surface area is 170 Å². The third kappa shape index (κ3) is 5.11. The third-order valence-electron chi connectivity index (χ3n) is 5.57. The van der Waals surface area contributed by atoms with E-state index in [0.717, 1.165) is 5.69 Å². The van der Waals surface area contributed by atoms with Gasteiger partial charge in [0, 0.05) is 29.3 Å². The van der Waals surface area contributed by atoms with Gasteiger partial charge in [0.15, 0.2) is 0 Å². The fourth-order valence-corrected chi connectivity index (χ4v) is 4.48. The third-order valence-corrected chi connectivity index (χ3v) is 5.92. The van der Waals surface area contributed by atoms with E-state index in [0.29, 0.717) is 35.2 Å². The highest BCUT2D eigenvalue weighted by atomic mass is 35.5. The molecule has 2 aliphatic heterocycles. The van der Waals surface area contributed by atoms with Crippen molar-refractivity contribution < 1.29 is 31.1 Å². The molecular formula is C19H23ClF6N2O. The van der Waals surface area contributed by atoms with E-state index in [1.54, 1.807) is 12.1 Å². The summed E-state index contributed by atoms with van der Waals surface area (Å²) >= 11 is 6.36. The molecule has 1 aromatic carbocycles. The minimum Gasteiger partial charge on any atom is -0.377 e. The first-order chi connectivity index (χ1) is 13.5. The summed E-state index contributed by atoms with van der Waals surface area (Å²) in [6.45, 7) is 3.61. The number of halogens is 7. The Morgan fingerprint density at radius 3 is 2.41 bits per heavy atom. The molecule has 0 bridgehead atoms. The quantitative estimate of drug-likeness (QED) is 0.603.